The van der Waals surface area contributed by atoms with Crippen molar-refractivity contribution in [3.63, 3.8) is 0 Å². The summed E-state index contributed by atoms with van der Waals surface area (Å²) in [5.74, 6) is 0.173. The molecule has 0 aromatic heterocycles. The van der Waals surface area contributed by atoms with E-state index < -0.39 is 0 Å². The highest BCUT2D eigenvalue weighted by atomic mass is 19.1. The van der Waals surface area contributed by atoms with E-state index in [-0.39, 0.29) is 11.9 Å². The quantitative estimate of drug-likeness (QED) is 0.746. The summed E-state index contributed by atoms with van der Waals surface area (Å²) in [5, 5.41) is 0. The van der Waals surface area contributed by atoms with Crippen molar-refractivity contribution in [1.82, 2.24) is 0 Å². The average Bonchev–Trinajstić information content (AvgIpc) is 2.28. The second-order valence-electron chi connectivity index (χ2n) is 3.90. The maximum absolute atomic E-state index is 13.5. The van der Waals surface area contributed by atoms with Gasteiger partial charge < -0.3 is 15.2 Å². The van der Waals surface area contributed by atoms with Crippen molar-refractivity contribution in [3.05, 3.63) is 29.6 Å². The van der Waals surface area contributed by atoms with Gasteiger partial charge in [-0.25, -0.2) is 4.39 Å². The molecule has 1 aromatic carbocycles. The molecule has 1 aromatic rings. The molecule has 0 saturated heterocycles. The Bertz CT molecular complexity index is 342. The van der Waals surface area contributed by atoms with Crippen LogP contribution in [0, 0.1) is 5.82 Å². The molecule has 0 amide bonds. The standard InChI is InChI=1S/C13H20FNO2/c1-3-7-16-8-9-17-12-6-4-5-11(14)13(12)10(2)15/h4-6,10H,3,7-9,15H2,1-2H3/t10-/m0/s1. The third-order valence-corrected chi connectivity index (χ3v) is 2.30. The van der Waals surface area contributed by atoms with Crippen LogP contribution in [0.4, 0.5) is 4.39 Å². The Labute approximate surface area is 102 Å². The first kappa shape index (κ1) is 13.9. The lowest BCUT2D eigenvalue weighted by atomic mass is 10.1. The summed E-state index contributed by atoms with van der Waals surface area (Å²) < 4.78 is 24.3. The van der Waals surface area contributed by atoms with Crippen molar-refractivity contribution in [2.75, 3.05) is 19.8 Å². The fourth-order valence-corrected chi connectivity index (χ4v) is 1.54. The van der Waals surface area contributed by atoms with Crippen LogP contribution in [-0.2, 0) is 4.74 Å². The summed E-state index contributed by atoms with van der Waals surface area (Å²) in [7, 11) is 0. The molecule has 1 rings (SSSR count). The van der Waals surface area contributed by atoms with Crippen LogP contribution in [0.3, 0.4) is 0 Å². The lowest BCUT2D eigenvalue weighted by Gasteiger charge is -2.14. The molecular weight excluding hydrogens is 221 g/mol. The summed E-state index contributed by atoms with van der Waals surface area (Å²) >= 11 is 0. The van der Waals surface area contributed by atoms with Crippen LogP contribution in [0.2, 0.25) is 0 Å². The van der Waals surface area contributed by atoms with Crippen molar-refractivity contribution in [3.8, 4) is 5.75 Å². The summed E-state index contributed by atoms with van der Waals surface area (Å²) in [6.07, 6.45) is 0.977. The van der Waals surface area contributed by atoms with Gasteiger partial charge in [0.1, 0.15) is 18.2 Å². The van der Waals surface area contributed by atoms with Gasteiger partial charge in [-0.3, -0.25) is 0 Å². The van der Waals surface area contributed by atoms with Gasteiger partial charge in [0.25, 0.3) is 0 Å². The van der Waals surface area contributed by atoms with Crippen molar-refractivity contribution in [2.24, 2.45) is 5.73 Å². The SMILES string of the molecule is CCCOCCOc1cccc(F)c1[C@H](C)N. The van der Waals surface area contributed by atoms with Crippen LogP contribution in [-0.4, -0.2) is 19.8 Å². The minimum Gasteiger partial charge on any atom is -0.491 e. The second kappa shape index (κ2) is 7.25. The zero-order valence-electron chi connectivity index (χ0n) is 10.4. The van der Waals surface area contributed by atoms with E-state index >= 15 is 0 Å². The zero-order valence-corrected chi connectivity index (χ0v) is 10.4. The van der Waals surface area contributed by atoms with Crippen LogP contribution in [0.25, 0.3) is 0 Å². The number of hydrogen-bond donors (Lipinski definition) is 1. The Kier molecular flexibility index (Phi) is 5.94. The van der Waals surface area contributed by atoms with Crippen LogP contribution in [0.1, 0.15) is 31.9 Å². The van der Waals surface area contributed by atoms with Crippen LogP contribution in [0.15, 0.2) is 18.2 Å². The first-order chi connectivity index (χ1) is 8.16. The molecule has 2 N–H and O–H groups in total. The van der Waals surface area contributed by atoms with E-state index in [0.717, 1.165) is 6.42 Å². The highest BCUT2D eigenvalue weighted by Gasteiger charge is 2.13. The molecule has 0 saturated carbocycles. The number of nitrogens with two attached hydrogens (primary N) is 1. The van der Waals surface area contributed by atoms with E-state index in [1.54, 1.807) is 19.1 Å². The predicted molar refractivity (Wildman–Crippen MR) is 65.6 cm³/mol. The van der Waals surface area contributed by atoms with Gasteiger partial charge in [-0.05, 0) is 25.5 Å². The summed E-state index contributed by atoms with van der Waals surface area (Å²) in [6, 6.07) is 4.34. The largest absolute Gasteiger partial charge is 0.491 e. The van der Waals surface area contributed by atoms with E-state index in [0.29, 0.717) is 31.1 Å². The van der Waals surface area contributed by atoms with E-state index in [1.165, 1.54) is 6.07 Å². The second-order valence-corrected chi connectivity index (χ2v) is 3.90. The smallest absolute Gasteiger partial charge is 0.131 e. The number of hydrogen-bond acceptors (Lipinski definition) is 3. The molecule has 0 bridgehead atoms. The number of halogens is 1. The Balaban J connectivity index is 2.55. The van der Waals surface area contributed by atoms with E-state index in [9.17, 15) is 4.39 Å². The van der Waals surface area contributed by atoms with E-state index in [4.69, 9.17) is 15.2 Å². The van der Waals surface area contributed by atoms with Gasteiger partial charge in [0.2, 0.25) is 0 Å². The van der Waals surface area contributed by atoms with Gasteiger partial charge >= 0.3 is 0 Å². The topological polar surface area (TPSA) is 44.5 Å². The number of benzene rings is 1. The number of rotatable bonds is 7. The van der Waals surface area contributed by atoms with Crippen LogP contribution in [0.5, 0.6) is 5.75 Å². The molecule has 0 unspecified atom stereocenters. The minimum atomic E-state index is -0.386. The lowest BCUT2D eigenvalue weighted by molar-refractivity contribution is 0.1000. The molecule has 0 heterocycles. The Morgan fingerprint density at radius 1 is 1.29 bits per heavy atom. The molecule has 3 nitrogen and oxygen atoms in total. The van der Waals surface area contributed by atoms with Crippen molar-refractivity contribution in [2.45, 2.75) is 26.3 Å². The minimum absolute atomic E-state index is 0.327. The molecule has 0 radical (unpaired) electrons. The summed E-state index contributed by atoms with van der Waals surface area (Å²) in [6.45, 7) is 5.40. The Hall–Kier alpha value is -1.13. The molecule has 96 valence electrons. The molecule has 0 fully saturated rings. The Morgan fingerprint density at radius 2 is 2.06 bits per heavy atom. The molecule has 0 aliphatic rings. The Morgan fingerprint density at radius 3 is 2.71 bits per heavy atom. The van der Waals surface area contributed by atoms with Crippen molar-refractivity contribution in [1.29, 1.82) is 0 Å². The highest BCUT2D eigenvalue weighted by Crippen LogP contribution is 2.26. The van der Waals surface area contributed by atoms with Crippen LogP contribution >= 0.6 is 0 Å². The average molecular weight is 241 g/mol. The summed E-state index contributed by atoms with van der Waals surface area (Å²) in [4.78, 5) is 0. The monoisotopic (exact) mass is 241 g/mol. The first-order valence-electron chi connectivity index (χ1n) is 5.91. The van der Waals surface area contributed by atoms with Gasteiger partial charge in [0, 0.05) is 18.2 Å². The molecule has 0 aliphatic carbocycles. The van der Waals surface area contributed by atoms with E-state index in [2.05, 4.69) is 0 Å². The van der Waals surface area contributed by atoms with Gasteiger partial charge in [-0.15, -0.1) is 0 Å². The van der Waals surface area contributed by atoms with Gasteiger partial charge in [-0.1, -0.05) is 13.0 Å². The fraction of sp³-hybridized carbons (Fsp3) is 0.538. The molecule has 0 spiro atoms. The van der Waals surface area contributed by atoms with Crippen molar-refractivity contribution >= 4 is 0 Å². The molecule has 0 aliphatic heterocycles. The third-order valence-electron chi connectivity index (χ3n) is 2.30. The normalized spacial score (nSPS) is 12.5. The molecular formula is C13H20FNO2. The fourth-order valence-electron chi connectivity index (χ4n) is 1.54. The third kappa shape index (κ3) is 4.32. The van der Waals surface area contributed by atoms with Crippen molar-refractivity contribution < 1.29 is 13.9 Å². The molecule has 17 heavy (non-hydrogen) atoms. The zero-order chi connectivity index (χ0) is 12.7. The predicted octanol–water partition coefficient (Wildman–Crippen LogP) is 2.65. The van der Waals surface area contributed by atoms with Crippen LogP contribution < -0.4 is 10.5 Å². The van der Waals surface area contributed by atoms with Gasteiger partial charge in [0.15, 0.2) is 0 Å². The lowest BCUT2D eigenvalue weighted by Crippen LogP contribution is -2.13. The van der Waals surface area contributed by atoms with Gasteiger partial charge in [0.05, 0.1) is 6.61 Å². The van der Waals surface area contributed by atoms with Gasteiger partial charge in [-0.2, -0.15) is 0 Å². The maximum Gasteiger partial charge on any atom is 0.131 e. The number of ether oxygens (including phenoxy) is 2. The first-order valence-corrected chi connectivity index (χ1v) is 5.91. The van der Waals surface area contributed by atoms with E-state index in [1.807, 2.05) is 6.92 Å². The summed E-state index contributed by atoms with van der Waals surface area (Å²) in [5.41, 5.74) is 6.14. The highest BCUT2D eigenvalue weighted by molar-refractivity contribution is 5.36. The molecule has 1 atom stereocenters. The molecule has 4 heteroatoms. The maximum atomic E-state index is 13.5.